The third kappa shape index (κ3) is 5.21. The second kappa shape index (κ2) is 9.08. The smallest absolute Gasteiger partial charge is 0.243 e. The van der Waals surface area contributed by atoms with Gasteiger partial charge in [0.25, 0.3) is 0 Å². The first kappa shape index (κ1) is 17.1. The molecule has 0 aromatic carbocycles. The summed E-state index contributed by atoms with van der Waals surface area (Å²) in [4.78, 5) is 17.4. The maximum absolute atomic E-state index is 11.9. The number of anilines is 1. The third-order valence-corrected chi connectivity index (χ3v) is 4.44. The van der Waals surface area contributed by atoms with Gasteiger partial charge in [-0.2, -0.15) is 0 Å². The average Bonchev–Trinajstić information content (AvgIpc) is 2.87. The Balaban J connectivity index is 2.63. The molecule has 0 aliphatic carbocycles. The largest absolute Gasteiger partial charge is 0.320 e. The molecule has 0 saturated heterocycles. The van der Waals surface area contributed by atoms with Crippen LogP contribution >= 0.6 is 11.3 Å². The number of thiazole rings is 1. The van der Waals surface area contributed by atoms with Crippen molar-refractivity contribution in [1.29, 1.82) is 0 Å². The van der Waals surface area contributed by atoms with Crippen LogP contribution in [-0.4, -0.2) is 16.9 Å². The van der Waals surface area contributed by atoms with Crippen LogP contribution in [0.15, 0.2) is 6.20 Å². The van der Waals surface area contributed by atoms with Crippen molar-refractivity contribution in [3.63, 3.8) is 0 Å². The Labute approximate surface area is 126 Å². The molecule has 1 aromatic heterocycles. The van der Waals surface area contributed by atoms with E-state index in [1.54, 1.807) is 11.3 Å². The average molecular weight is 297 g/mol. The predicted molar refractivity (Wildman–Crippen MR) is 86.2 cm³/mol. The van der Waals surface area contributed by atoms with Crippen molar-refractivity contribution in [3.8, 4) is 0 Å². The van der Waals surface area contributed by atoms with E-state index in [-0.39, 0.29) is 5.91 Å². The van der Waals surface area contributed by atoms with Crippen molar-refractivity contribution in [2.24, 2.45) is 5.73 Å². The van der Waals surface area contributed by atoms with E-state index in [9.17, 15) is 4.79 Å². The second-order valence-corrected chi connectivity index (χ2v) is 6.29. The lowest BCUT2D eigenvalue weighted by Crippen LogP contribution is -2.35. The van der Waals surface area contributed by atoms with Crippen LogP contribution in [0.1, 0.15) is 70.1 Å². The molecule has 3 N–H and O–H groups in total. The predicted octanol–water partition coefficient (Wildman–Crippen LogP) is 3.89. The molecule has 0 bridgehead atoms. The fourth-order valence-electron chi connectivity index (χ4n) is 2.30. The molecule has 1 atom stereocenters. The van der Waals surface area contributed by atoms with E-state index in [4.69, 9.17) is 5.73 Å². The highest BCUT2D eigenvalue weighted by Crippen LogP contribution is 2.32. The number of carbonyl (C=O) groups is 1. The first-order valence-corrected chi connectivity index (χ1v) is 8.46. The molecule has 0 aliphatic heterocycles. The SMILES string of the molecule is CCCC(N)C(=O)Nc1ncc(C(CCC)CCC)s1. The molecule has 0 saturated carbocycles. The van der Waals surface area contributed by atoms with Gasteiger partial charge in [0.15, 0.2) is 5.13 Å². The zero-order chi connectivity index (χ0) is 15.0. The number of hydrogen-bond donors (Lipinski definition) is 2. The fraction of sp³-hybridized carbons (Fsp3) is 0.733. The Morgan fingerprint density at radius 2 is 1.85 bits per heavy atom. The number of rotatable bonds is 9. The van der Waals surface area contributed by atoms with Crippen molar-refractivity contribution in [3.05, 3.63) is 11.1 Å². The molecule has 0 spiro atoms. The molecule has 1 heterocycles. The summed E-state index contributed by atoms with van der Waals surface area (Å²) >= 11 is 1.59. The summed E-state index contributed by atoms with van der Waals surface area (Å²) in [6.45, 7) is 6.43. The van der Waals surface area contributed by atoms with E-state index in [1.807, 2.05) is 13.1 Å². The molecule has 1 amide bonds. The van der Waals surface area contributed by atoms with Crippen LogP contribution in [0.25, 0.3) is 0 Å². The van der Waals surface area contributed by atoms with Gasteiger partial charge in [0.1, 0.15) is 0 Å². The summed E-state index contributed by atoms with van der Waals surface area (Å²) in [5.41, 5.74) is 5.80. The number of nitrogens with zero attached hydrogens (tertiary/aromatic N) is 1. The maximum atomic E-state index is 11.9. The highest BCUT2D eigenvalue weighted by molar-refractivity contribution is 7.15. The van der Waals surface area contributed by atoms with Crippen LogP contribution in [-0.2, 0) is 4.79 Å². The Morgan fingerprint density at radius 1 is 1.25 bits per heavy atom. The minimum atomic E-state index is -0.436. The van der Waals surface area contributed by atoms with E-state index in [0.717, 1.165) is 6.42 Å². The quantitative estimate of drug-likeness (QED) is 0.726. The van der Waals surface area contributed by atoms with Crippen LogP contribution in [0, 0.1) is 0 Å². The van der Waals surface area contributed by atoms with Crippen molar-refractivity contribution < 1.29 is 4.79 Å². The fourth-order valence-corrected chi connectivity index (χ4v) is 3.29. The zero-order valence-corrected chi connectivity index (χ0v) is 13.6. The minimum absolute atomic E-state index is 0.129. The van der Waals surface area contributed by atoms with Crippen LogP contribution in [0.2, 0.25) is 0 Å². The molecule has 1 unspecified atom stereocenters. The number of aromatic nitrogens is 1. The summed E-state index contributed by atoms with van der Waals surface area (Å²) < 4.78 is 0. The number of amides is 1. The van der Waals surface area contributed by atoms with Gasteiger partial charge in [-0.05, 0) is 25.2 Å². The topological polar surface area (TPSA) is 68.0 Å². The van der Waals surface area contributed by atoms with Gasteiger partial charge >= 0.3 is 0 Å². The first-order valence-electron chi connectivity index (χ1n) is 7.64. The van der Waals surface area contributed by atoms with Gasteiger partial charge < -0.3 is 11.1 Å². The first-order chi connectivity index (χ1) is 9.62. The van der Waals surface area contributed by atoms with Crippen molar-refractivity contribution >= 4 is 22.4 Å². The van der Waals surface area contributed by atoms with Crippen LogP contribution < -0.4 is 11.1 Å². The van der Waals surface area contributed by atoms with Crippen LogP contribution in [0.5, 0.6) is 0 Å². The summed E-state index contributed by atoms with van der Waals surface area (Å²) in [6, 6.07) is -0.436. The molecule has 20 heavy (non-hydrogen) atoms. The van der Waals surface area contributed by atoms with Gasteiger partial charge in [0, 0.05) is 11.1 Å². The van der Waals surface area contributed by atoms with E-state index in [0.29, 0.717) is 17.5 Å². The lowest BCUT2D eigenvalue weighted by molar-refractivity contribution is -0.117. The summed E-state index contributed by atoms with van der Waals surface area (Å²) in [7, 11) is 0. The highest BCUT2D eigenvalue weighted by Gasteiger charge is 2.17. The maximum Gasteiger partial charge on any atom is 0.243 e. The van der Waals surface area contributed by atoms with Crippen molar-refractivity contribution in [2.45, 2.75) is 71.3 Å². The molecular formula is C15H27N3OS. The van der Waals surface area contributed by atoms with Gasteiger partial charge in [-0.15, -0.1) is 11.3 Å². The molecule has 4 nitrogen and oxygen atoms in total. The Hall–Kier alpha value is -0.940. The Bertz CT molecular complexity index is 400. The van der Waals surface area contributed by atoms with Gasteiger partial charge in [-0.3, -0.25) is 4.79 Å². The molecule has 0 fully saturated rings. The number of nitrogens with two attached hydrogens (primary N) is 1. The Morgan fingerprint density at radius 3 is 2.40 bits per heavy atom. The molecule has 0 aliphatic rings. The summed E-state index contributed by atoms with van der Waals surface area (Å²) in [5.74, 6) is 0.438. The molecule has 0 radical (unpaired) electrons. The van der Waals surface area contributed by atoms with Crippen LogP contribution in [0.3, 0.4) is 0 Å². The van der Waals surface area contributed by atoms with E-state index < -0.39 is 6.04 Å². The van der Waals surface area contributed by atoms with Gasteiger partial charge in [-0.25, -0.2) is 4.98 Å². The van der Waals surface area contributed by atoms with Crippen molar-refractivity contribution in [1.82, 2.24) is 4.98 Å². The van der Waals surface area contributed by atoms with Gasteiger partial charge in [0.2, 0.25) is 5.91 Å². The normalized spacial score (nSPS) is 12.7. The molecule has 114 valence electrons. The highest BCUT2D eigenvalue weighted by atomic mass is 32.1. The number of hydrogen-bond acceptors (Lipinski definition) is 4. The van der Waals surface area contributed by atoms with Gasteiger partial charge in [0.05, 0.1) is 6.04 Å². The lowest BCUT2D eigenvalue weighted by atomic mass is 9.97. The van der Waals surface area contributed by atoms with E-state index >= 15 is 0 Å². The Kier molecular flexibility index (Phi) is 7.77. The summed E-state index contributed by atoms with van der Waals surface area (Å²) in [5, 5.41) is 3.50. The monoisotopic (exact) mass is 297 g/mol. The second-order valence-electron chi connectivity index (χ2n) is 5.23. The number of carbonyl (C=O) groups excluding carboxylic acids is 1. The third-order valence-electron chi connectivity index (χ3n) is 3.37. The standard InChI is InChI=1S/C15H27N3OS/c1-4-7-11(8-5-2)13-10-17-15(20-13)18-14(19)12(16)9-6-3/h10-12H,4-9,16H2,1-3H3,(H,17,18,19). The van der Waals surface area contributed by atoms with E-state index in [2.05, 4.69) is 24.1 Å². The molecule has 1 rings (SSSR count). The molecule has 1 aromatic rings. The van der Waals surface area contributed by atoms with Gasteiger partial charge in [-0.1, -0.05) is 40.0 Å². The molecular weight excluding hydrogens is 270 g/mol. The van der Waals surface area contributed by atoms with E-state index in [1.165, 1.54) is 30.6 Å². The lowest BCUT2D eigenvalue weighted by Gasteiger charge is -2.12. The number of nitrogens with one attached hydrogen (secondary N) is 1. The van der Waals surface area contributed by atoms with Crippen LogP contribution in [0.4, 0.5) is 5.13 Å². The van der Waals surface area contributed by atoms with Crippen molar-refractivity contribution in [2.75, 3.05) is 5.32 Å². The molecule has 5 heteroatoms. The summed E-state index contributed by atoms with van der Waals surface area (Å²) in [6.07, 6.45) is 8.22. The minimum Gasteiger partial charge on any atom is -0.320 e. The zero-order valence-electron chi connectivity index (χ0n) is 12.8.